The summed E-state index contributed by atoms with van der Waals surface area (Å²) >= 11 is 6.47. The Morgan fingerprint density at radius 2 is 2.00 bits per heavy atom. The van der Waals surface area contributed by atoms with Crippen LogP contribution >= 0.6 is 11.6 Å². The van der Waals surface area contributed by atoms with E-state index in [4.69, 9.17) is 11.6 Å². The van der Waals surface area contributed by atoms with Crippen molar-refractivity contribution in [1.82, 2.24) is 10.3 Å². The average molecular weight is 478 g/mol. The fourth-order valence-electron chi connectivity index (χ4n) is 4.97. The molecule has 3 aromatic rings. The van der Waals surface area contributed by atoms with Crippen molar-refractivity contribution in [2.24, 2.45) is 5.92 Å². The second kappa shape index (κ2) is 9.30. The van der Waals surface area contributed by atoms with Gasteiger partial charge in [0.05, 0.1) is 27.6 Å². The number of nitro benzene ring substituents is 1. The number of carbonyl (C=O) groups excluding carboxylic acids is 1. The molecule has 8 nitrogen and oxygen atoms in total. The lowest BCUT2D eigenvalue weighted by molar-refractivity contribution is -0.384. The third-order valence-corrected chi connectivity index (χ3v) is 6.95. The van der Waals surface area contributed by atoms with Crippen molar-refractivity contribution in [2.45, 2.75) is 19.0 Å². The number of nitrogens with zero attached hydrogens (tertiary/aromatic N) is 4. The average Bonchev–Trinajstić information content (AvgIpc) is 2.87. The van der Waals surface area contributed by atoms with Gasteiger partial charge < -0.3 is 15.1 Å². The second-order valence-electron chi connectivity index (χ2n) is 8.62. The molecule has 9 heteroatoms. The van der Waals surface area contributed by atoms with E-state index in [2.05, 4.69) is 20.1 Å². The number of hydrogen-bond donors (Lipinski definition) is 1. The zero-order chi connectivity index (χ0) is 23.7. The van der Waals surface area contributed by atoms with Crippen LogP contribution in [0, 0.1) is 16.0 Å². The minimum absolute atomic E-state index is 0.0430. The van der Waals surface area contributed by atoms with Crippen LogP contribution in [0.15, 0.2) is 67.0 Å². The van der Waals surface area contributed by atoms with Crippen LogP contribution in [0.4, 0.5) is 17.1 Å². The largest absolute Gasteiger partial charge is 0.366 e. The molecule has 0 radical (unpaired) electrons. The smallest absolute Gasteiger partial charge is 0.269 e. The molecule has 2 aliphatic rings. The Hall–Kier alpha value is -3.65. The highest BCUT2D eigenvalue weighted by Crippen LogP contribution is 2.39. The van der Waals surface area contributed by atoms with Crippen LogP contribution in [0.5, 0.6) is 0 Å². The van der Waals surface area contributed by atoms with E-state index < -0.39 is 0 Å². The summed E-state index contributed by atoms with van der Waals surface area (Å²) in [7, 11) is 0. The predicted molar refractivity (Wildman–Crippen MR) is 131 cm³/mol. The first-order valence-corrected chi connectivity index (χ1v) is 11.6. The number of halogens is 1. The number of para-hydroxylation sites is 1. The third-order valence-electron chi connectivity index (χ3n) is 6.63. The first kappa shape index (κ1) is 22.2. The summed E-state index contributed by atoms with van der Waals surface area (Å²) < 4.78 is 0. The molecule has 1 amide bonds. The fraction of sp³-hybridized carbons (Fsp3) is 0.280. The Labute approximate surface area is 202 Å². The molecule has 2 aliphatic heterocycles. The first-order chi connectivity index (χ1) is 16.5. The normalized spacial score (nSPS) is 19.2. The number of piperazine rings is 1. The van der Waals surface area contributed by atoms with Gasteiger partial charge >= 0.3 is 0 Å². The van der Waals surface area contributed by atoms with Crippen molar-refractivity contribution >= 4 is 34.6 Å². The Morgan fingerprint density at radius 3 is 2.76 bits per heavy atom. The number of rotatable bonds is 5. The highest BCUT2D eigenvalue weighted by Gasteiger charge is 2.42. The molecule has 174 valence electrons. The quantitative estimate of drug-likeness (QED) is 0.443. The maximum absolute atomic E-state index is 13.4. The molecule has 1 fully saturated rings. The van der Waals surface area contributed by atoms with Gasteiger partial charge in [-0.25, -0.2) is 0 Å². The summed E-state index contributed by atoms with van der Waals surface area (Å²) in [5, 5.41) is 15.1. The van der Waals surface area contributed by atoms with Crippen molar-refractivity contribution in [2.75, 3.05) is 29.4 Å². The zero-order valence-electron chi connectivity index (χ0n) is 18.4. The lowest BCUT2D eigenvalue weighted by Gasteiger charge is -2.49. The number of non-ortho nitro benzene ring substituents is 1. The molecule has 0 saturated carbocycles. The molecular formula is C25H24ClN5O3. The highest BCUT2D eigenvalue weighted by molar-refractivity contribution is 6.33. The number of carbonyl (C=O) groups is 1. The lowest BCUT2D eigenvalue weighted by Crippen LogP contribution is -2.61. The van der Waals surface area contributed by atoms with E-state index in [1.54, 1.807) is 24.5 Å². The van der Waals surface area contributed by atoms with E-state index in [1.165, 1.54) is 0 Å². The van der Waals surface area contributed by atoms with Crippen LogP contribution in [-0.2, 0) is 17.8 Å². The maximum atomic E-state index is 13.4. The molecule has 2 atom stereocenters. The lowest BCUT2D eigenvalue weighted by atomic mass is 9.83. The molecule has 34 heavy (non-hydrogen) atoms. The Balaban J connectivity index is 1.45. The second-order valence-corrected chi connectivity index (χ2v) is 9.03. The van der Waals surface area contributed by atoms with Crippen LogP contribution < -0.4 is 15.1 Å². The van der Waals surface area contributed by atoms with Gasteiger partial charge in [0.2, 0.25) is 5.91 Å². The molecule has 5 rings (SSSR count). The topological polar surface area (TPSA) is 91.6 Å². The first-order valence-electron chi connectivity index (χ1n) is 11.2. The van der Waals surface area contributed by atoms with Gasteiger partial charge in [0.1, 0.15) is 0 Å². The zero-order valence-corrected chi connectivity index (χ0v) is 19.2. The van der Waals surface area contributed by atoms with Gasteiger partial charge in [-0.2, -0.15) is 0 Å². The van der Waals surface area contributed by atoms with Crippen LogP contribution in [0.2, 0.25) is 5.02 Å². The van der Waals surface area contributed by atoms with Crippen LogP contribution in [-0.4, -0.2) is 41.5 Å². The number of nitro groups is 1. The molecule has 3 heterocycles. The molecule has 1 aromatic heterocycles. The molecule has 1 saturated heterocycles. The van der Waals surface area contributed by atoms with Gasteiger partial charge in [0.25, 0.3) is 5.69 Å². The van der Waals surface area contributed by atoms with Crippen molar-refractivity contribution in [3.05, 3.63) is 93.3 Å². The number of fused-ring (bicyclic) bond motifs is 3. The van der Waals surface area contributed by atoms with Gasteiger partial charge in [0.15, 0.2) is 0 Å². The van der Waals surface area contributed by atoms with Crippen LogP contribution in [0.1, 0.15) is 11.1 Å². The maximum Gasteiger partial charge on any atom is 0.269 e. The van der Waals surface area contributed by atoms with Crippen LogP contribution in [0.25, 0.3) is 0 Å². The number of nitrogens with one attached hydrogen (secondary N) is 1. The predicted octanol–water partition coefficient (Wildman–Crippen LogP) is 3.83. The molecule has 1 N–H and O–H groups in total. The third kappa shape index (κ3) is 4.28. The summed E-state index contributed by atoms with van der Waals surface area (Å²) in [6.07, 6.45) is 3.86. The number of benzene rings is 2. The van der Waals surface area contributed by atoms with Gasteiger partial charge in [-0.15, -0.1) is 0 Å². The van der Waals surface area contributed by atoms with E-state index in [-0.39, 0.29) is 28.5 Å². The standard InChI is InChI=1S/C25H24ClN5O3/c26-21-5-1-2-6-23(21)29-10-11-30-22-8-7-19(31(33)34)12-18(22)13-20(24(30)16-29)25(32)28-15-17-4-3-9-27-14-17/h1-9,12,14,20,24H,10-11,13,15-16H2,(H,28,32)/t20-,24-/m0/s1. The Morgan fingerprint density at radius 1 is 1.15 bits per heavy atom. The van der Waals surface area contributed by atoms with Gasteiger partial charge in [-0.3, -0.25) is 19.9 Å². The number of hydrogen-bond acceptors (Lipinski definition) is 6. The monoisotopic (exact) mass is 477 g/mol. The minimum Gasteiger partial charge on any atom is -0.366 e. The summed E-state index contributed by atoms with van der Waals surface area (Å²) in [6.45, 7) is 2.44. The van der Waals surface area contributed by atoms with Crippen molar-refractivity contribution in [1.29, 1.82) is 0 Å². The molecule has 0 spiro atoms. The molecular weight excluding hydrogens is 454 g/mol. The van der Waals surface area contributed by atoms with Crippen molar-refractivity contribution in [3.8, 4) is 0 Å². The van der Waals surface area contributed by atoms with E-state index in [9.17, 15) is 14.9 Å². The Kier molecular flexibility index (Phi) is 6.06. The van der Waals surface area contributed by atoms with E-state index in [0.29, 0.717) is 31.1 Å². The number of pyridine rings is 1. The van der Waals surface area contributed by atoms with E-state index in [0.717, 1.165) is 29.0 Å². The SMILES string of the molecule is O=C(NCc1cccnc1)[C@H]1Cc2cc([N+](=O)[O-])ccc2N2CCN(c3ccccc3Cl)C[C@@H]12. The Bertz CT molecular complexity index is 1220. The summed E-state index contributed by atoms with van der Waals surface area (Å²) in [5.74, 6) is -0.437. The minimum atomic E-state index is -0.390. The van der Waals surface area contributed by atoms with Crippen molar-refractivity contribution in [3.63, 3.8) is 0 Å². The molecule has 0 unspecified atom stereocenters. The van der Waals surface area contributed by atoms with Crippen LogP contribution in [0.3, 0.4) is 0 Å². The van der Waals surface area contributed by atoms with Gasteiger partial charge in [-0.05, 0) is 41.8 Å². The summed E-state index contributed by atoms with van der Waals surface area (Å²) in [6, 6.07) is 16.4. The van der Waals surface area contributed by atoms with E-state index >= 15 is 0 Å². The van der Waals surface area contributed by atoms with Gasteiger partial charge in [0, 0.05) is 56.4 Å². The van der Waals surface area contributed by atoms with Gasteiger partial charge in [-0.1, -0.05) is 29.8 Å². The highest BCUT2D eigenvalue weighted by atomic mass is 35.5. The summed E-state index contributed by atoms with van der Waals surface area (Å²) in [4.78, 5) is 33.0. The van der Waals surface area contributed by atoms with E-state index in [1.807, 2.05) is 42.5 Å². The number of aromatic nitrogens is 1. The molecule has 0 aliphatic carbocycles. The number of anilines is 2. The molecule has 2 aromatic carbocycles. The molecule has 0 bridgehead atoms. The van der Waals surface area contributed by atoms with Crippen molar-refractivity contribution < 1.29 is 9.72 Å². The number of amides is 1. The summed E-state index contributed by atoms with van der Waals surface area (Å²) in [5.41, 5.74) is 3.71. The fourth-order valence-corrected chi connectivity index (χ4v) is 5.23.